The van der Waals surface area contributed by atoms with Gasteiger partial charge in [-0.3, -0.25) is 0 Å². The number of carbonyl (C=O) groups is 1. The zero-order valence-electron chi connectivity index (χ0n) is 20.1. The number of carbonyl (C=O) groups excluding carboxylic acids is 1. The van der Waals surface area contributed by atoms with Crippen LogP contribution in [0.25, 0.3) is 11.1 Å². The van der Waals surface area contributed by atoms with Gasteiger partial charge in [0.25, 0.3) is 0 Å². The van der Waals surface area contributed by atoms with Crippen LogP contribution in [0.3, 0.4) is 0 Å². The van der Waals surface area contributed by atoms with Crippen LogP contribution in [0, 0.1) is 0 Å². The second-order valence-electron chi connectivity index (χ2n) is 8.61. The van der Waals surface area contributed by atoms with Crippen LogP contribution in [-0.2, 0) is 11.3 Å². The summed E-state index contributed by atoms with van der Waals surface area (Å²) >= 11 is 0. The number of phenolic OH excluding ortho intramolecular Hbond substituents is 1. The van der Waals surface area contributed by atoms with E-state index in [1.54, 1.807) is 44.6 Å². The van der Waals surface area contributed by atoms with Crippen molar-refractivity contribution in [2.75, 3.05) is 14.2 Å². The summed E-state index contributed by atoms with van der Waals surface area (Å²) in [6.45, 7) is 0.267. The van der Waals surface area contributed by atoms with E-state index in [1.807, 2.05) is 36.4 Å². The number of methoxy groups -OCH3 is 2. The largest absolute Gasteiger partial charge is 0.508 e. The van der Waals surface area contributed by atoms with E-state index in [0.29, 0.717) is 11.5 Å². The molecule has 5 rings (SSSR count). The lowest BCUT2D eigenvalue weighted by molar-refractivity contribution is 0.0868. The Kier molecular flexibility index (Phi) is 6.50. The second-order valence-corrected chi connectivity index (χ2v) is 8.61. The summed E-state index contributed by atoms with van der Waals surface area (Å²) < 4.78 is 17.3. The molecule has 6 heteroatoms. The van der Waals surface area contributed by atoms with Crippen LogP contribution in [0.1, 0.15) is 34.3 Å². The molecule has 182 valence electrons. The van der Waals surface area contributed by atoms with Crippen LogP contribution in [0.4, 0.5) is 4.79 Å². The smallest absolute Gasteiger partial charge is 0.408 e. The van der Waals surface area contributed by atoms with Gasteiger partial charge < -0.3 is 24.6 Å². The zero-order chi connectivity index (χ0) is 25.1. The van der Waals surface area contributed by atoms with Crippen LogP contribution in [0.5, 0.6) is 17.2 Å². The van der Waals surface area contributed by atoms with Crippen molar-refractivity contribution in [1.82, 2.24) is 5.32 Å². The lowest BCUT2D eigenvalue weighted by Gasteiger charge is -2.27. The van der Waals surface area contributed by atoms with Gasteiger partial charge in [0.15, 0.2) is 0 Å². The summed E-state index contributed by atoms with van der Waals surface area (Å²) in [5.74, 6) is 1.18. The number of rotatable bonds is 7. The number of alkyl carbamates (subject to hydrolysis) is 1. The minimum absolute atomic E-state index is 0.173. The monoisotopic (exact) mass is 481 g/mol. The predicted molar refractivity (Wildman–Crippen MR) is 137 cm³/mol. The molecule has 1 aliphatic rings. The van der Waals surface area contributed by atoms with E-state index in [-0.39, 0.29) is 18.2 Å². The van der Waals surface area contributed by atoms with E-state index >= 15 is 0 Å². The van der Waals surface area contributed by atoms with Crippen LogP contribution >= 0.6 is 0 Å². The predicted octanol–water partition coefficient (Wildman–Crippen LogP) is 6.19. The van der Waals surface area contributed by atoms with Crippen molar-refractivity contribution in [2.45, 2.75) is 18.6 Å². The van der Waals surface area contributed by atoms with E-state index in [0.717, 1.165) is 33.4 Å². The van der Waals surface area contributed by atoms with Gasteiger partial charge in [0.05, 0.1) is 20.1 Å². The minimum Gasteiger partial charge on any atom is -0.508 e. The summed E-state index contributed by atoms with van der Waals surface area (Å²) in [6, 6.07) is 28.6. The first-order valence-electron chi connectivity index (χ1n) is 11.7. The summed E-state index contributed by atoms with van der Waals surface area (Å²) in [4.78, 5) is 13.1. The van der Waals surface area contributed by atoms with Crippen molar-refractivity contribution in [3.8, 4) is 28.4 Å². The molecule has 6 nitrogen and oxygen atoms in total. The Balaban J connectivity index is 1.53. The number of hydrogen-bond acceptors (Lipinski definition) is 5. The standard InChI is InChI=1S/C30H27NO5/c1-34-21-15-16-26(27(17-21)35-2)29(36-30(33)31-18-19-11-13-20(32)14-12-19)28-24-9-5-3-7-22(24)23-8-4-6-10-25(23)28/h3-17,28-29,32H,18H2,1-2H3,(H,31,33). The minimum atomic E-state index is -0.657. The van der Waals surface area contributed by atoms with E-state index in [2.05, 4.69) is 29.6 Å². The third-order valence-corrected chi connectivity index (χ3v) is 6.54. The molecule has 0 saturated carbocycles. The van der Waals surface area contributed by atoms with E-state index in [1.165, 1.54) is 0 Å². The molecule has 0 fully saturated rings. The Morgan fingerprint density at radius 3 is 2.11 bits per heavy atom. The van der Waals surface area contributed by atoms with Gasteiger partial charge in [-0.15, -0.1) is 0 Å². The normalized spacial score (nSPS) is 12.8. The van der Waals surface area contributed by atoms with Gasteiger partial charge in [0, 0.05) is 18.2 Å². The summed E-state index contributed by atoms with van der Waals surface area (Å²) in [5.41, 5.74) is 6.03. The molecule has 0 heterocycles. The zero-order valence-corrected chi connectivity index (χ0v) is 20.1. The van der Waals surface area contributed by atoms with E-state index in [9.17, 15) is 9.90 Å². The third kappa shape index (κ3) is 4.45. The molecule has 1 aliphatic carbocycles. The number of hydrogen-bond donors (Lipinski definition) is 2. The number of benzene rings is 4. The molecular formula is C30H27NO5. The molecule has 2 N–H and O–H groups in total. The summed E-state index contributed by atoms with van der Waals surface area (Å²) in [7, 11) is 3.19. The van der Waals surface area contributed by atoms with E-state index in [4.69, 9.17) is 14.2 Å². The van der Waals surface area contributed by atoms with Gasteiger partial charge in [0.1, 0.15) is 23.4 Å². The quantitative estimate of drug-likeness (QED) is 0.329. The van der Waals surface area contributed by atoms with Crippen LogP contribution in [-0.4, -0.2) is 25.4 Å². The molecule has 1 unspecified atom stereocenters. The number of nitrogens with one attached hydrogen (secondary N) is 1. The number of phenols is 1. The summed E-state index contributed by atoms with van der Waals surface area (Å²) in [5, 5.41) is 12.4. The second kappa shape index (κ2) is 10.0. The molecule has 1 atom stereocenters. The van der Waals surface area contributed by atoms with Crippen molar-refractivity contribution in [1.29, 1.82) is 0 Å². The Hall–Kier alpha value is -4.45. The van der Waals surface area contributed by atoms with Crippen molar-refractivity contribution < 1.29 is 24.1 Å². The van der Waals surface area contributed by atoms with E-state index < -0.39 is 12.2 Å². The fraction of sp³-hybridized carbons (Fsp3) is 0.167. The van der Waals surface area contributed by atoms with Crippen LogP contribution in [0.2, 0.25) is 0 Å². The van der Waals surface area contributed by atoms with Crippen molar-refractivity contribution >= 4 is 6.09 Å². The highest BCUT2D eigenvalue weighted by atomic mass is 16.6. The number of ether oxygens (including phenoxy) is 3. The number of aromatic hydroxyl groups is 1. The average molecular weight is 482 g/mol. The molecule has 0 radical (unpaired) electrons. The number of fused-ring (bicyclic) bond motifs is 3. The Morgan fingerprint density at radius 2 is 1.50 bits per heavy atom. The van der Waals surface area contributed by atoms with Gasteiger partial charge in [-0.2, -0.15) is 0 Å². The first-order valence-corrected chi connectivity index (χ1v) is 11.7. The Labute approximate surface area is 210 Å². The maximum absolute atomic E-state index is 13.1. The molecule has 0 aromatic heterocycles. The van der Waals surface area contributed by atoms with Crippen molar-refractivity contribution in [3.63, 3.8) is 0 Å². The molecule has 4 aromatic rings. The lowest BCUT2D eigenvalue weighted by Crippen LogP contribution is -2.28. The molecule has 0 saturated heterocycles. The molecule has 1 amide bonds. The highest BCUT2D eigenvalue weighted by molar-refractivity contribution is 5.80. The van der Waals surface area contributed by atoms with Crippen molar-refractivity contribution in [2.24, 2.45) is 0 Å². The highest BCUT2D eigenvalue weighted by Crippen LogP contribution is 2.52. The van der Waals surface area contributed by atoms with Crippen molar-refractivity contribution in [3.05, 3.63) is 113 Å². The van der Waals surface area contributed by atoms with Crippen LogP contribution < -0.4 is 14.8 Å². The molecule has 0 bridgehead atoms. The maximum atomic E-state index is 13.1. The molecule has 4 aromatic carbocycles. The Morgan fingerprint density at radius 1 is 0.861 bits per heavy atom. The molecule has 0 spiro atoms. The van der Waals surface area contributed by atoms with Crippen LogP contribution in [0.15, 0.2) is 91.0 Å². The summed E-state index contributed by atoms with van der Waals surface area (Å²) in [6.07, 6.45) is -1.21. The molecule has 0 aliphatic heterocycles. The van der Waals surface area contributed by atoms with Gasteiger partial charge in [-0.1, -0.05) is 60.7 Å². The highest BCUT2D eigenvalue weighted by Gasteiger charge is 2.38. The molecule has 36 heavy (non-hydrogen) atoms. The maximum Gasteiger partial charge on any atom is 0.408 e. The van der Waals surface area contributed by atoms with Gasteiger partial charge in [-0.05, 0) is 52.1 Å². The van der Waals surface area contributed by atoms with Gasteiger partial charge in [0.2, 0.25) is 0 Å². The third-order valence-electron chi connectivity index (χ3n) is 6.54. The first kappa shape index (κ1) is 23.3. The molecular weight excluding hydrogens is 454 g/mol. The lowest BCUT2D eigenvalue weighted by atomic mass is 9.86. The fourth-order valence-corrected chi connectivity index (χ4v) is 4.83. The number of amides is 1. The fourth-order valence-electron chi connectivity index (χ4n) is 4.83. The van der Waals surface area contributed by atoms with Gasteiger partial charge >= 0.3 is 6.09 Å². The SMILES string of the molecule is COc1ccc(C(OC(=O)NCc2ccc(O)cc2)C2c3ccccc3-c3ccccc32)c(OC)c1. The average Bonchev–Trinajstić information content (AvgIpc) is 3.25. The Bertz CT molecular complexity index is 1340. The first-order chi connectivity index (χ1) is 17.6. The topological polar surface area (TPSA) is 77.0 Å². The van der Waals surface area contributed by atoms with Gasteiger partial charge in [-0.25, -0.2) is 4.79 Å².